The number of benzene rings is 2. The Balaban J connectivity index is 1.52. The smallest absolute Gasteiger partial charge is 0.308 e. The normalized spacial score (nSPS) is 15.8. The van der Waals surface area contributed by atoms with Gasteiger partial charge in [0.25, 0.3) is 5.91 Å². The Bertz CT molecular complexity index is 900. The summed E-state index contributed by atoms with van der Waals surface area (Å²) >= 11 is 0. The molecule has 1 atom stereocenters. The fraction of sp³-hybridized carbons (Fsp3) is 0.375. The molecule has 2 amide bonds. The van der Waals surface area contributed by atoms with Crippen LogP contribution in [0.15, 0.2) is 54.6 Å². The number of piperazine rings is 1. The van der Waals surface area contributed by atoms with Gasteiger partial charge in [0, 0.05) is 19.5 Å². The molecule has 1 N–H and O–H groups in total. The van der Waals surface area contributed by atoms with E-state index >= 15 is 0 Å². The lowest BCUT2D eigenvalue weighted by atomic mass is 10.1. The molecule has 0 spiro atoms. The molecule has 7 heteroatoms. The van der Waals surface area contributed by atoms with Gasteiger partial charge in [-0.1, -0.05) is 49.4 Å². The monoisotopic (exact) mass is 424 g/mol. The van der Waals surface area contributed by atoms with E-state index in [9.17, 15) is 14.4 Å². The summed E-state index contributed by atoms with van der Waals surface area (Å²) < 4.78 is 10.9. The standard InChI is InChI=1S/C24H28N2O5/c1-2-18-9-6-10-20(15-18)31-17-22(27)26-13-12-25-24(29)21(26)16-23(28)30-14-11-19-7-4-3-5-8-19/h3-10,15,21H,2,11-14,16-17H2,1H3,(H,25,29). The van der Waals surface area contributed by atoms with Crippen molar-refractivity contribution in [3.05, 3.63) is 65.7 Å². The largest absolute Gasteiger partial charge is 0.484 e. The molecule has 0 saturated carbocycles. The number of aryl methyl sites for hydroxylation is 1. The van der Waals surface area contributed by atoms with Gasteiger partial charge in [0.2, 0.25) is 5.91 Å². The first-order valence-corrected chi connectivity index (χ1v) is 10.5. The molecule has 2 aromatic carbocycles. The van der Waals surface area contributed by atoms with E-state index in [-0.39, 0.29) is 31.4 Å². The molecule has 0 bridgehead atoms. The van der Waals surface area contributed by atoms with Gasteiger partial charge in [0.15, 0.2) is 6.61 Å². The summed E-state index contributed by atoms with van der Waals surface area (Å²) in [7, 11) is 0. The molecular weight excluding hydrogens is 396 g/mol. The van der Waals surface area contributed by atoms with Crippen LogP contribution in [0.25, 0.3) is 0 Å². The van der Waals surface area contributed by atoms with Crippen molar-refractivity contribution in [2.24, 2.45) is 0 Å². The summed E-state index contributed by atoms with van der Waals surface area (Å²) in [5.74, 6) is -0.593. The second-order valence-electron chi connectivity index (χ2n) is 7.34. The van der Waals surface area contributed by atoms with Crippen molar-refractivity contribution in [3.63, 3.8) is 0 Å². The Labute approximate surface area is 182 Å². The number of carbonyl (C=O) groups is 3. The van der Waals surface area contributed by atoms with Crippen molar-refractivity contribution in [1.29, 1.82) is 0 Å². The van der Waals surface area contributed by atoms with Crippen LogP contribution in [0.1, 0.15) is 24.5 Å². The van der Waals surface area contributed by atoms with Gasteiger partial charge in [-0.15, -0.1) is 0 Å². The fourth-order valence-corrected chi connectivity index (χ4v) is 3.44. The lowest BCUT2D eigenvalue weighted by Crippen LogP contribution is -2.58. The number of nitrogens with one attached hydrogen (secondary N) is 1. The van der Waals surface area contributed by atoms with Gasteiger partial charge in [-0.2, -0.15) is 0 Å². The first-order valence-electron chi connectivity index (χ1n) is 10.5. The number of nitrogens with zero attached hydrogens (tertiary/aromatic N) is 1. The maximum Gasteiger partial charge on any atom is 0.308 e. The fourth-order valence-electron chi connectivity index (χ4n) is 3.44. The van der Waals surface area contributed by atoms with E-state index in [1.54, 1.807) is 6.07 Å². The first-order chi connectivity index (χ1) is 15.1. The summed E-state index contributed by atoms with van der Waals surface area (Å²) in [6.07, 6.45) is 1.28. The molecule has 1 unspecified atom stereocenters. The highest BCUT2D eigenvalue weighted by Gasteiger charge is 2.35. The van der Waals surface area contributed by atoms with E-state index in [1.807, 2.05) is 55.5 Å². The van der Waals surface area contributed by atoms with Crippen molar-refractivity contribution in [2.45, 2.75) is 32.2 Å². The number of carbonyl (C=O) groups excluding carboxylic acids is 3. The molecule has 7 nitrogen and oxygen atoms in total. The van der Waals surface area contributed by atoms with E-state index in [1.165, 1.54) is 4.90 Å². The average Bonchev–Trinajstić information content (AvgIpc) is 2.79. The van der Waals surface area contributed by atoms with E-state index < -0.39 is 12.0 Å². The Morgan fingerprint density at radius 3 is 2.65 bits per heavy atom. The van der Waals surface area contributed by atoms with Crippen LogP contribution in [0.5, 0.6) is 5.75 Å². The van der Waals surface area contributed by atoms with Gasteiger partial charge < -0.3 is 19.7 Å². The van der Waals surface area contributed by atoms with Crippen LogP contribution < -0.4 is 10.1 Å². The van der Waals surface area contributed by atoms with Crippen LogP contribution in [-0.4, -0.2) is 55.0 Å². The van der Waals surface area contributed by atoms with Gasteiger partial charge >= 0.3 is 5.97 Å². The zero-order valence-electron chi connectivity index (χ0n) is 17.7. The lowest BCUT2D eigenvalue weighted by Gasteiger charge is -2.34. The molecule has 1 aliphatic rings. The summed E-state index contributed by atoms with van der Waals surface area (Å²) in [5.41, 5.74) is 2.17. The number of hydrogen-bond donors (Lipinski definition) is 1. The molecule has 0 aliphatic carbocycles. The zero-order chi connectivity index (χ0) is 22.1. The average molecular weight is 424 g/mol. The van der Waals surface area contributed by atoms with Crippen molar-refractivity contribution in [3.8, 4) is 5.75 Å². The molecule has 1 saturated heterocycles. The third-order valence-electron chi connectivity index (χ3n) is 5.18. The topological polar surface area (TPSA) is 84.9 Å². The van der Waals surface area contributed by atoms with Gasteiger partial charge in [-0.25, -0.2) is 0 Å². The highest BCUT2D eigenvalue weighted by atomic mass is 16.5. The number of hydrogen-bond acceptors (Lipinski definition) is 5. The Morgan fingerprint density at radius 1 is 1.10 bits per heavy atom. The lowest BCUT2D eigenvalue weighted by molar-refractivity contribution is -0.152. The minimum Gasteiger partial charge on any atom is -0.484 e. The molecule has 31 heavy (non-hydrogen) atoms. The van der Waals surface area contributed by atoms with Crippen molar-refractivity contribution in [2.75, 3.05) is 26.3 Å². The molecule has 164 valence electrons. The quantitative estimate of drug-likeness (QED) is 0.624. The Morgan fingerprint density at radius 2 is 1.87 bits per heavy atom. The van der Waals surface area contributed by atoms with Crippen molar-refractivity contribution < 1.29 is 23.9 Å². The minimum atomic E-state index is -0.893. The summed E-state index contributed by atoms with van der Waals surface area (Å²) in [6, 6.07) is 16.3. The maximum absolute atomic E-state index is 12.7. The van der Waals surface area contributed by atoms with E-state index in [4.69, 9.17) is 9.47 Å². The van der Waals surface area contributed by atoms with Crippen LogP contribution in [0.4, 0.5) is 0 Å². The molecule has 1 heterocycles. The molecule has 0 aromatic heterocycles. The predicted octanol–water partition coefficient (Wildman–Crippen LogP) is 2.13. The van der Waals surface area contributed by atoms with Crippen LogP contribution in [-0.2, 0) is 32.0 Å². The Hall–Kier alpha value is -3.35. The second kappa shape index (κ2) is 11.2. The molecule has 1 aliphatic heterocycles. The van der Waals surface area contributed by atoms with Crippen LogP contribution in [0.2, 0.25) is 0 Å². The number of ether oxygens (including phenoxy) is 2. The SMILES string of the molecule is CCc1cccc(OCC(=O)N2CCNC(=O)C2CC(=O)OCCc2ccccc2)c1. The number of esters is 1. The third-order valence-corrected chi connectivity index (χ3v) is 5.18. The zero-order valence-corrected chi connectivity index (χ0v) is 17.7. The van der Waals surface area contributed by atoms with Crippen LogP contribution in [0.3, 0.4) is 0 Å². The number of rotatable bonds is 9. The van der Waals surface area contributed by atoms with Crippen LogP contribution in [0, 0.1) is 0 Å². The van der Waals surface area contributed by atoms with Gasteiger partial charge in [0.1, 0.15) is 11.8 Å². The minimum absolute atomic E-state index is 0.183. The summed E-state index contributed by atoms with van der Waals surface area (Å²) in [6.45, 7) is 2.74. The highest BCUT2D eigenvalue weighted by molar-refractivity contribution is 5.92. The highest BCUT2D eigenvalue weighted by Crippen LogP contribution is 2.15. The first kappa shape index (κ1) is 22.3. The Kier molecular flexibility index (Phi) is 8.04. The van der Waals surface area contributed by atoms with E-state index in [2.05, 4.69) is 5.32 Å². The van der Waals surface area contributed by atoms with Crippen molar-refractivity contribution >= 4 is 17.8 Å². The van der Waals surface area contributed by atoms with E-state index in [0.29, 0.717) is 25.3 Å². The maximum atomic E-state index is 12.7. The van der Waals surface area contributed by atoms with Gasteiger partial charge in [0.05, 0.1) is 13.0 Å². The second-order valence-corrected chi connectivity index (χ2v) is 7.34. The van der Waals surface area contributed by atoms with E-state index in [0.717, 1.165) is 17.5 Å². The molecule has 3 rings (SSSR count). The van der Waals surface area contributed by atoms with Gasteiger partial charge in [-0.05, 0) is 29.7 Å². The molecule has 1 fully saturated rings. The molecular formula is C24H28N2O5. The van der Waals surface area contributed by atoms with Gasteiger partial charge in [-0.3, -0.25) is 14.4 Å². The summed E-state index contributed by atoms with van der Waals surface area (Å²) in [5, 5.41) is 2.71. The predicted molar refractivity (Wildman–Crippen MR) is 116 cm³/mol. The number of amides is 2. The third kappa shape index (κ3) is 6.57. The molecule has 0 radical (unpaired) electrons. The van der Waals surface area contributed by atoms with Crippen molar-refractivity contribution in [1.82, 2.24) is 10.2 Å². The molecule has 2 aromatic rings. The van der Waals surface area contributed by atoms with Crippen LogP contribution >= 0.6 is 0 Å². The summed E-state index contributed by atoms with van der Waals surface area (Å²) in [4.78, 5) is 38.8.